The summed E-state index contributed by atoms with van der Waals surface area (Å²) in [6, 6.07) is 5.03. The molecule has 0 radical (unpaired) electrons. The molecule has 1 atom stereocenters. The second-order valence-electron chi connectivity index (χ2n) is 4.81. The van der Waals surface area contributed by atoms with Crippen LogP contribution in [0.3, 0.4) is 0 Å². The van der Waals surface area contributed by atoms with Crippen LogP contribution in [0.1, 0.15) is 18.5 Å². The molecule has 2 rings (SSSR count). The number of nitrogens with zero attached hydrogens (tertiary/aromatic N) is 2. The summed E-state index contributed by atoms with van der Waals surface area (Å²) in [5, 5.41) is 8.99. The number of rotatable bonds is 4. The maximum atomic E-state index is 12.2. The number of hydrogen-bond acceptors (Lipinski definition) is 4. The molecular formula is C12H17N3O4S. The van der Waals surface area contributed by atoms with E-state index in [0.29, 0.717) is 25.1 Å². The van der Waals surface area contributed by atoms with Gasteiger partial charge in [-0.05, 0) is 31.9 Å². The van der Waals surface area contributed by atoms with Crippen LogP contribution >= 0.6 is 0 Å². The van der Waals surface area contributed by atoms with Crippen LogP contribution in [0.5, 0.6) is 0 Å². The lowest BCUT2D eigenvalue weighted by atomic mass is 10.0. The average molecular weight is 299 g/mol. The number of aryl methyl sites for hydroxylation is 1. The van der Waals surface area contributed by atoms with Crippen molar-refractivity contribution in [2.45, 2.75) is 19.8 Å². The van der Waals surface area contributed by atoms with E-state index in [4.69, 9.17) is 5.11 Å². The average Bonchev–Trinajstić information content (AvgIpc) is 2.38. The highest BCUT2D eigenvalue weighted by molar-refractivity contribution is 7.90. The van der Waals surface area contributed by atoms with Gasteiger partial charge in [0.1, 0.15) is 5.82 Å². The Hall–Kier alpha value is -1.67. The van der Waals surface area contributed by atoms with Crippen molar-refractivity contribution in [3.05, 3.63) is 23.9 Å². The number of anilines is 1. The summed E-state index contributed by atoms with van der Waals surface area (Å²) >= 11 is 0. The van der Waals surface area contributed by atoms with Gasteiger partial charge in [-0.2, -0.15) is 12.7 Å². The predicted octanol–water partition coefficient (Wildman–Crippen LogP) is 0.843. The molecule has 1 aromatic rings. The first-order valence-corrected chi connectivity index (χ1v) is 7.77. The van der Waals surface area contributed by atoms with Gasteiger partial charge in [0.25, 0.3) is 0 Å². The largest absolute Gasteiger partial charge is 0.481 e. The fraction of sp³-hybridized carbons (Fsp3) is 0.500. The lowest BCUT2D eigenvalue weighted by molar-refractivity contribution is -0.142. The second-order valence-corrected chi connectivity index (χ2v) is 6.48. The third kappa shape index (κ3) is 3.45. The maximum Gasteiger partial charge on any atom is 0.307 e. The highest BCUT2D eigenvalue weighted by Crippen LogP contribution is 2.20. The third-order valence-corrected chi connectivity index (χ3v) is 4.67. The van der Waals surface area contributed by atoms with E-state index in [1.54, 1.807) is 25.1 Å². The summed E-state index contributed by atoms with van der Waals surface area (Å²) in [5.41, 5.74) is 0.701. The zero-order chi connectivity index (χ0) is 14.8. The number of piperidine rings is 1. The zero-order valence-corrected chi connectivity index (χ0v) is 11.9. The van der Waals surface area contributed by atoms with Crippen molar-refractivity contribution in [3.63, 3.8) is 0 Å². The van der Waals surface area contributed by atoms with Gasteiger partial charge in [-0.3, -0.25) is 9.52 Å². The molecule has 2 N–H and O–H groups in total. The first kappa shape index (κ1) is 14.7. The Morgan fingerprint density at radius 2 is 2.25 bits per heavy atom. The fourth-order valence-corrected chi connectivity index (χ4v) is 3.41. The second kappa shape index (κ2) is 5.76. The number of carbonyl (C=O) groups is 1. The fourth-order valence-electron chi connectivity index (χ4n) is 2.16. The highest BCUT2D eigenvalue weighted by atomic mass is 32.2. The Morgan fingerprint density at radius 1 is 1.50 bits per heavy atom. The molecule has 7 nitrogen and oxygen atoms in total. The minimum Gasteiger partial charge on any atom is -0.481 e. The van der Waals surface area contributed by atoms with Crippen molar-refractivity contribution in [3.8, 4) is 0 Å². The quantitative estimate of drug-likeness (QED) is 0.858. The van der Waals surface area contributed by atoms with Crippen LogP contribution in [0.15, 0.2) is 18.2 Å². The van der Waals surface area contributed by atoms with Crippen LogP contribution in [-0.2, 0) is 15.0 Å². The molecule has 1 aromatic heterocycles. The molecule has 0 amide bonds. The van der Waals surface area contributed by atoms with E-state index in [-0.39, 0.29) is 12.4 Å². The van der Waals surface area contributed by atoms with Gasteiger partial charge in [-0.15, -0.1) is 0 Å². The van der Waals surface area contributed by atoms with Crippen molar-refractivity contribution < 1.29 is 18.3 Å². The first-order valence-electron chi connectivity index (χ1n) is 6.33. The molecule has 1 unspecified atom stereocenters. The molecule has 110 valence electrons. The van der Waals surface area contributed by atoms with Crippen LogP contribution < -0.4 is 4.72 Å². The molecule has 0 saturated carbocycles. The van der Waals surface area contributed by atoms with Crippen LogP contribution in [0.2, 0.25) is 0 Å². The molecule has 0 aromatic carbocycles. The van der Waals surface area contributed by atoms with Crippen molar-refractivity contribution in [1.82, 2.24) is 9.29 Å². The Bertz CT molecular complexity index is 602. The van der Waals surface area contributed by atoms with Gasteiger partial charge in [-0.1, -0.05) is 6.07 Å². The van der Waals surface area contributed by atoms with E-state index in [0.717, 1.165) is 0 Å². The standard InChI is InChI=1S/C12H17N3O4S/c1-9-4-2-6-11(13-9)14-20(18,19)15-7-3-5-10(8-15)12(16)17/h2,4,6,10H,3,5,7-8H2,1H3,(H,13,14)(H,16,17). The van der Waals surface area contributed by atoms with Gasteiger partial charge in [0.15, 0.2) is 0 Å². The maximum absolute atomic E-state index is 12.2. The van der Waals surface area contributed by atoms with E-state index in [2.05, 4.69) is 9.71 Å². The van der Waals surface area contributed by atoms with Crippen LogP contribution in [0.4, 0.5) is 5.82 Å². The SMILES string of the molecule is Cc1cccc(NS(=O)(=O)N2CCCC(C(=O)O)C2)n1. The normalized spacial score (nSPS) is 20.6. The third-order valence-electron chi connectivity index (χ3n) is 3.20. The summed E-state index contributed by atoms with van der Waals surface area (Å²) in [6.45, 7) is 2.08. The van der Waals surface area contributed by atoms with E-state index < -0.39 is 22.1 Å². The van der Waals surface area contributed by atoms with Crippen molar-refractivity contribution in [2.75, 3.05) is 17.8 Å². The number of hydrogen-bond donors (Lipinski definition) is 2. The Morgan fingerprint density at radius 3 is 2.90 bits per heavy atom. The van der Waals surface area contributed by atoms with Gasteiger partial charge in [0.2, 0.25) is 0 Å². The summed E-state index contributed by atoms with van der Waals surface area (Å²) in [6.07, 6.45) is 1.04. The van der Waals surface area contributed by atoms with Gasteiger partial charge < -0.3 is 5.11 Å². The van der Waals surface area contributed by atoms with E-state index >= 15 is 0 Å². The van der Waals surface area contributed by atoms with E-state index in [9.17, 15) is 13.2 Å². The predicted molar refractivity (Wildman–Crippen MR) is 73.4 cm³/mol. The number of nitrogens with one attached hydrogen (secondary N) is 1. The van der Waals surface area contributed by atoms with Crippen molar-refractivity contribution in [2.24, 2.45) is 5.92 Å². The lowest BCUT2D eigenvalue weighted by Crippen LogP contribution is -2.44. The lowest BCUT2D eigenvalue weighted by Gasteiger charge is -2.29. The minimum absolute atomic E-state index is 0.00349. The van der Waals surface area contributed by atoms with Crippen LogP contribution in [0.25, 0.3) is 0 Å². The molecule has 1 saturated heterocycles. The van der Waals surface area contributed by atoms with Crippen molar-refractivity contribution in [1.29, 1.82) is 0 Å². The molecule has 1 fully saturated rings. The number of aromatic nitrogens is 1. The zero-order valence-electron chi connectivity index (χ0n) is 11.1. The van der Waals surface area contributed by atoms with E-state index in [1.807, 2.05) is 0 Å². The minimum atomic E-state index is -3.76. The molecular weight excluding hydrogens is 282 g/mol. The molecule has 8 heteroatoms. The molecule has 2 heterocycles. The Labute approximate surface area is 117 Å². The molecule has 1 aliphatic heterocycles. The number of carboxylic acid groups (broad SMARTS) is 1. The first-order chi connectivity index (χ1) is 9.38. The molecule has 20 heavy (non-hydrogen) atoms. The van der Waals surface area contributed by atoms with Gasteiger partial charge in [-0.25, -0.2) is 4.98 Å². The molecule has 1 aliphatic rings. The topological polar surface area (TPSA) is 99.6 Å². The number of pyridine rings is 1. The van der Waals surface area contributed by atoms with Crippen LogP contribution in [0, 0.1) is 12.8 Å². The monoisotopic (exact) mass is 299 g/mol. The molecule has 0 bridgehead atoms. The Balaban J connectivity index is 2.12. The smallest absolute Gasteiger partial charge is 0.307 e. The summed E-state index contributed by atoms with van der Waals surface area (Å²) in [4.78, 5) is 15.0. The Kier molecular flexibility index (Phi) is 4.24. The number of aliphatic carboxylic acids is 1. The summed E-state index contributed by atoms with van der Waals surface area (Å²) in [7, 11) is -3.76. The highest BCUT2D eigenvalue weighted by Gasteiger charge is 2.32. The van der Waals surface area contributed by atoms with Gasteiger partial charge in [0.05, 0.1) is 5.92 Å². The van der Waals surface area contributed by atoms with Gasteiger partial charge >= 0.3 is 16.2 Å². The summed E-state index contributed by atoms with van der Waals surface area (Å²) < 4.78 is 28.0. The molecule has 0 spiro atoms. The van der Waals surface area contributed by atoms with Crippen LogP contribution in [-0.4, -0.2) is 41.9 Å². The molecule has 0 aliphatic carbocycles. The van der Waals surface area contributed by atoms with Crippen molar-refractivity contribution >= 4 is 22.0 Å². The van der Waals surface area contributed by atoms with Gasteiger partial charge in [0, 0.05) is 18.8 Å². The number of carboxylic acids is 1. The van der Waals surface area contributed by atoms with E-state index in [1.165, 1.54) is 4.31 Å². The summed E-state index contributed by atoms with van der Waals surface area (Å²) in [5.74, 6) is -1.37.